The molecule has 1 aromatic rings. The minimum Gasteiger partial charge on any atom is -0.462 e. The number of ether oxygens (including phenoxy) is 1. The summed E-state index contributed by atoms with van der Waals surface area (Å²) in [4.78, 5) is 15.0. The van der Waals surface area contributed by atoms with Gasteiger partial charge in [0.25, 0.3) is 6.43 Å². The summed E-state index contributed by atoms with van der Waals surface area (Å²) in [6.07, 6.45) is -2.70. The molecule has 0 aliphatic carbocycles. The van der Waals surface area contributed by atoms with E-state index in [0.29, 0.717) is 0 Å². The molecule has 0 aliphatic rings. The van der Waals surface area contributed by atoms with Gasteiger partial charge in [-0.15, -0.1) is 0 Å². The molecule has 0 saturated heterocycles. The fourth-order valence-electron chi connectivity index (χ4n) is 0.991. The minimum atomic E-state index is -2.70. The van der Waals surface area contributed by atoms with Crippen LogP contribution in [-0.4, -0.2) is 17.6 Å². The van der Waals surface area contributed by atoms with E-state index >= 15 is 0 Å². The van der Waals surface area contributed by atoms with Crippen LogP contribution in [0.5, 0.6) is 0 Å². The van der Waals surface area contributed by atoms with Gasteiger partial charge < -0.3 is 4.74 Å². The molecule has 0 spiro atoms. The van der Waals surface area contributed by atoms with Gasteiger partial charge in [0.1, 0.15) is 8.85 Å². The van der Waals surface area contributed by atoms with Gasteiger partial charge in [0, 0.05) is 0 Å². The van der Waals surface area contributed by atoms with Gasteiger partial charge in [-0.3, -0.25) is 0 Å². The molecule has 0 fully saturated rings. The van der Waals surface area contributed by atoms with E-state index in [1.54, 1.807) is 29.5 Å². The van der Waals surface area contributed by atoms with Crippen LogP contribution in [0.3, 0.4) is 0 Å². The molecule has 1 heterocycles. The average Bonchev–Trinajstić information content (AvgIpc) is 2.17. The summed E-state index contributed by atoms with van der Waals surface area (Å²) < 4.78 is 29.8. The number of carbonyl (C=O) groups is 1. The SMILES string of the molecule is CCOC(=O)c1cc(C(F)F)c(I)nc1Cl. The Morgan fingerprint density at radius 1 is 1.69 bits per heavy atom. The van der Waals surface area contributed by atoms with E-state index < -0.39 is 12.4 Å². The second-order valence-electron chi connectivity index (χ2n) is 2.73. The van der Waals surface area contributed by atoms with Crippen LogP contribution in [0.4, 0.5) is 8.78 Å². The maximum atomic E-state index is 12.5. The largest absolute Gasteiger partial charge is 0.462 e. The fourth-order valence-corrected chi connectivity index (χ4v) is 1.98. The highest BCUT2D eigenvalue weighted by molar-refractivity contribution is 14.1. The second-order valence-corrected chi connectivity index (χ2v) is 4.11. The second kappa shape index (κ2) is 5.72. The fraction of sp³-hybridized carbons (Fsp3) is 0.333. The van der Waals surface area contributed by atoms with Crippen LogP contribution in [0.2, 0.25) is 5.15 Å². The van der Waals surface area contributed by atoms with Crippen LogP contribution in [0, 0.1) is 3.70 Å². The standard InChI is InChI=1S/C9H7ClF2INO2/c1-2-16-9(15)4-3-5(7(11)12)8(13)14-6(4)10/h3,7H,2H2,1H3. The first-order valence-corrected chi connectivity index (χ1v) is 5.74. The lowest BCUT2D eigenvalue weighted by atomic mass is 10.2. The number of aromatic nitrogens is 1. The molecule has 0 N–H and O–H groups in total. The maximum Gasteiger partial charge on any atom is 0.341 e. The third kappa shape index (κ3) is 3.00. The molecule has 16 heavy (non-hydrogen) atoms. The lowest BCUT2D eigenvalue weighted by molar-refractivity contribution is 0.0525. The molecular formula is C9H7ClF2INO2. The number of hydrogen-bond donors (Lipinski definition) is 0. The molecule has 3 nitrogen and oxygen atoms in total. The van der Waals surface area contributed by atoms with E-state index in [4.69, 9.17) is 11.6 Å². The summed E-state index contributed by atoms with van der Waals surface area (Å²) >= 11 is 7.31. The van der Waals surface area contributed by atoms with Crippen molar-refractivity contribution in [3.05, 3.63) is 26.0 Å². The predicted molar refractivity (Wildman–Crippen MR) is 62.9 cm³/mol. The lowest BCUT2D eigenvalue weighted by Crippen LogP contribution is -2.08. The van der Waals surface area contributed by atoms with Crippen molar-refractivity contribution in [2.24, 2.45) is 0 Å². The molecule has 0 aromatic carbocycles. The van der Waals surface area contributed by atoms with Gasteiger partial charge in [0.2, 0.25) is 0 Å². The first kappa shape index (κ1) is 13.6. The Balaban J connectivity index is 3.19. The van der Waals surface area contributed by atoms with Crippen molar-refractivity contribution in [2.75, 3.05) is 6.61 Å². The number of alkyl halides is 2. The number of halogens is 4. The molecule has 0 unspecified atom stereocenters. The molecule has 0 bridgehead atoms. The average molecular weight is 362 g/mol. The van der Waals surface area contributed by atoms with Crippen molar-refractivity contribution in [1.29, 1.82) is 0 Å². The van der Waals surface area contributed by atoms with Crippen LogP contribution in [-0.2, 0) is 4.74 Å². The lowest BCUT2D eigenvalue weighted by Gasteiger charge is -2.07. The molecule has 1 aromatic heterocycles. The van der Waals surface area contributed by atoms with E-state index in [-0.39, 0.29) is 26.6 Å². The van der Waals surface area contributed by atoms with Crippen molar-refractivity contribution in [1.82, 2.24) is 4.98 Å². The molecule has 7 heteroatoms. The molecular weight excluding hydrogens is 354 g/mol. The summed E-state index contributed by atoms with van der Waals surface area (Å²) in [6.45, 7) is 1.76. The van der Waals surface area contributed by atoms with Crippen molar-refractivity contribution < 1.29 is 18.3 Å². The summed E-state index contributed by atoms with van der Waals surface area (Å²) in [5, 5.41) is -0.132. The van der Waals surface area contributed by atoms with Gasteiger partial charge >= 0.3 is 5.97 Å². The van der Waals surface area contributed by atoms with E-state index in [1.807, 2.05) is 0 Å². The molecule has 0 amide bonds. The van der Waals surface area contributed by atoms with Gasteiger partial charge in [0.05, 0.1) is 17.7 Å². The van der Waals surface area contributed by atoms with Crippen molar-refractivity contribution >= 4 is 40.2 Å². The maximum absolute atomic E-state index is 12.5. The normalized spacial score (nSPS) is 10.6. The topological polar surface area (TPSA) is 39.2 Å². The van der Waals surface area contributed by atoms with Gasteiger partial charge in [0.15, 0.2) is 0 Å². The van der Waals surface area contributed by atoms with Gasteiger partial charge in [-0.1, -0.05) is 11.6 Å². The van der Waals surface area contributed by atoms with E-state index in [1.165, 1.54) is 0 Å². The van der Waals surface area contributed by atoms with Gasteiger partial charge in [-0.2, -0.15) is 0 Å². The van der Waals surface area contributed by atoms with E-state index in [2.05, 4.69) is 9.72 Å². The molecule has 0 aliphatic heterocycles. The number of esters is 1. The first-order chi connectivity index (χ1) is 7.47. The zero-order chi connectivity index (χ0) is 12.3. The third-order valence-electron chi connectivity index (χ3n) is 1.69. The third-order valence-corrected chi connectivity index (χ3v) is 2.84. The van der Waals surface area contributed by atoms with Crippen molar-refractivity contribution in [2.45, 2.75) is 13.3 Å². The zero-order valence-electron chi connectivity index (χ0n) is 8.14. The molecule has 88 valence electrons. The van der Waals surface area contributed by atoms with Crippen LogP contribution < -0.4 is 0 Å². The summed E-state index contributed by atoms with van der Waals surface area (Å²) in [5.74, 6) is -0.752. The highest BCUT2D eigenvalue weighted by Crippen LogP contribution is 2.27. The molecule has 0 atom stereocenters. The number of nitrogens with zero attached hydrogens (tertiary/aromatic N) is 1. The van der Waals surface area contributed by atoms with Crippen molar-refractivity contribution in [3.63, 3.8) is 0 Å². The Kier molecular flexibility index (Phi) is 4.85. The Labute approximate surface area is 109 Å². The highest BCUT2D eigenvalue weighted by Gasteiger charge is 2.20. The highest BCUT2D eigenvalue weighted by atomic mass is 127. The van der Waals surface area contributed by atoms with Gasteiger partial charge in [-0.25, -0.2) is 18.6 Å². The van der Waals surface area contributed by atoms with E-state index in [0.717, 1.165) is 6.07 Å². The predicted octanol–water partition coefficient (Wildman–Crippen LogP) is 3.45. The van der Waals surface area contributed by atoms with Crippen LogP contribution in [0.15, 0.2) is 6.07 Å². The van der Waals surface area contributed by atoms with E-state index in [9.17, 15) is 13.6 Å². The number of rotatable bonds is 3. The van der Waals surface area contributed by atoms with Crippen LogP contribution in [0.1, 0.15) is 29.3 Å². The Hall–Kier alpha value is -0.500. The molecule has 1 rings (SSSR count). The summed E-state index contributed by atoms with van der Waals surface area (Å²) in [6, 6.07) is 1.01. The minimum absolute atomic E-state index is 0.0747. The van der Waals surface area contributed by atoms with Gasteiger partial charge in [-0.05, 0) is 35.6 Å². The smallest absolute Gasteiger partial charge is 0.341 e. The molecule has 0 radical (unpaired) electrons. The first-order valence-electron chi connectivity index (χ1n) is 4.28. The number of hydrogen-bond acceptors (Lipinski definition) is 3. The summed E-state index contributed by atoms with van der Waals surface area (Å²) in [5.41, 5.74) is -0.465. The Bertz CT molecular complexity index is 415. The number of pyridine rings is 1. The molecule has 0 saturated carbocycles. The quantitative estimate of drug-likeness (QED) is 0.470. The Morgan fingerprint density at radius 2 is 2.31 bits per heavy atom. The monoisotopic (exact) mass is 361 g/mol. The van der Waals surface area contributed by atoms with Crippen LogP contribution in [0.25, 0.3) is 0 Å². The zero-order valence-corrected chi connectivity index (χ0v) is 11.1. The van der Waals surface area contributed by atoms with Crippen LogP contribution >= 0.6 is 34.2 Å². The summed E-state index contributed by atoms with van der Waals surface area (Å²) in [7, 11) is 0. The number of carbonyl (C=O) groups excluding carboxylic acids is 1. The Morgan fingerprint density at radius 3 is 2.81 bits per heavy atom. The van der Waals surface area contributed by atoms with Crippen molar-refractivity contribution in [3.8, 4) is 0 Å².